The molecule has 2 aromatic rings. The van der Waals surface area contributed by atoms with Gasteiger partial charge in [0.05, 0.1) is 6.42 Å². The zero-order valence-electron chi connectivity index (χ0n) is 11.8. The summed E-state index contributed by atoms with van der Waals surface area (Å²) in [6.45, 7) is 0.689. The first-order valence-corrected chi connectivity index (χ1v) is 7.68. The van der Waals surface area contributed by atoms with Crippen LogP contribution < -0.4 is 0 Å². The van der Waals surface area contributed by atoms with Gasteiger partial charge in [-0.25, -0.2) is 0 Å². The van der Waals surface area contributed by atoms with Crippen molar-refractivity contribution >= 4 is 17.5 Å². The first-order valence-electron chi connectivity index (χ1n) is 7.31. The van der Waals surface area contributed by atoms with Gasteiger partial charge in [0.1, 0.15) is 0 Å². The molecule has 0 N–H and O–H groups in total. The number of nitrogens with zero attached hydrogens (tertiary/aromatic N) is 1. The summed E-state index contributed by atoms with van der Waals surface area (Å²) in [4.78, 5) is 14.6. The zero-order valence-corrected chi connectivity index (χ0v) is 12.6. The van der Waals surface area contributed by atoms with Gasteiger partial charge < -0.3 is 4.90 Å². The zero-order chi connectivity index (χ0) is 14.7. The summed E-state index contributed by atoms with van der Waals surface area (Å²) in [7, 11) is 0. The topological polar surface area (TPSA) is 20.3 Å². The minimum atomic E-state index is 0.162. The average Bonchev–Trinajstić information content (AvgIpc) is 3.33. The van der Waals surface area contributed by atoms with E-state index in [1.54, 1.807) is 0 Å². The fraction of sp³-hybridized carbons (Fsp3) is 0.278. The maximum atomic E-state index is 12.6. The van der Waals surface area contributed by atoms with Crippen LogP contribution in [0.1, 0.15) is 24.0 Å². The lowest BCUT2D eigenvalue weighted by atomic mass is 10.1. The van der Waals surface area contributed by atoms with Crippen molar-refractivity contribution in [2.75, 3.05) is 0 Å². The molecule has 1 aliphatic rings. The maximum Gasteiger partial charge on any atom is 0.227 e. The van der Waals surface area contributed by atoms with Gasteiger partial charge in [0.25, 0.3) is 0 Å². The molecule has 0 aromatic heterocycles. The van der Waals surface area contributed by atoms with Crippen LogP contribution in [0.4, 0.5) is 0 Å². The number of carbonyl (C=O) groups is 1. The molecule has 2 aromatic carbocycles. The van der Waals surface area contributed by atoms with Gasteiger partial charge in [0.15, 0.2) is 0 Å². The van der Waals surface area contributed by atoms with E-state index in [0.29, 0.717) is 24.0 Å². The molecule has 0 heterocycles. The number of hydrogen-bond donors (Lipinski definition) is 0. The van der Waals surface area contributed by atoms with Crippen molar-refractivity contribution in [3.8, 4) is 0 Å². The van der Waals surface area contributed by atoms with Crippen LogP contribution in [0.15, 0.2) is 54.6 Å². The molecule has 0 atom stereocenters. The lowest BCUT2D eigenvalue weighted by Gasteiger charge is -2.23. The van der Waals surface area contributed by atoms with Crippen LogP contribution >= 0.6 is 11.6 Å². The van der Waals surface area contributed by atoms with Crippen molar-refractivity contribution in [1.29, 1.82) is 0 Å². The molecule has 1 amide bonds. The predicted molar refractivity (Wildman–Crippen MR) is 85.2 cm³/mol. The van der Waals surface area contributed by atoms with E-state index in [9.17, 15) is 4.79 Å². The molecule has 3 heteroatoms. The summed E-state index contributed by atoms with van der Waals surface area (Å²) >= 11 is 6.16. The van der Waals surface area contributed by atoms with E-state index < -0.39 is 0 Å². The van der Waals surface area contributed by atoms with Crippen molar-refractivity contribution < 1.29 is 4.79 Å². The first kappa shape index (κ1) is 14.2. The summed E-state index contributed by atoms with van der Waals surface area (Å²) in [5.41, 5.74) is 2.08. The van der Waals surface area contributed by atoms with Gasteiger partial charge in [-0.1, -0.05) is 60.1 Å². The summed E-state index contributed by atoms with van der Waals surface area (Å²) < 4.78 is 0. The van der Waals surface area contributed by atoms with Crippen molar-refractivity contribution in [1.82, 2.24) is 4.90 Å². The Morgan fingerprint density at radius 1 is 1.05 bits per heavy atom. The van der Waals surface area contributed by atoms with E-state index in [-0.39, 0.29) is 5.91 Å². The molecule has 0 bridgehead atoms. The summed E-state index contributed by atoms with van der Waals surface area (Å²) in [5.74, 6) is 0.162. The van der Waals surface area contributed by atoms with E-state index in [0.717, 1.165) is 18.4 Å². The van der Waals surface area contributed by atoms with E-state index >= 15 is 0 Å². The summed E-state index contributed by atoms with van der Waals surface area (Å²) in [5, 5.41) is 0.668. The highest BCUT2D eigenvalue weighted by molar-refractivity contribution is 6.31. The fourth-order valence-electron chi connectivity index (χ4n) is 2.49. The Kier molecular flexibility index (Phi) is 4.26. The largest absolute Gasteiger partial charge is 0.335 e. The molecular formula is C18H18ClNO. The highest BCUT2D eigenvalue weighted by Crippen LogP contribution is 2.29. The standard InChI is InChI=1S/C18H18ClNO/c19-17-9-5-4-8-15(17)12-18(21)20(16-10-11-16)13-14-6-2-1-3-7-14/h1-9,16H,10-13H2. The van der Waals surface area contributed by atoms with Gasteiger partial charge in [-0.2, -0.15) is 0 Å². The molecule has 3 rings (SSSR count). The van der Waals surface area contributed by atoms with E-state index in [2.05, 4.69) is 12.1 Å². The number of halogens is 1. The molecule has 2 nitrogen and oxygen atoms in total. The van der Waals surface area contributed by atoms with Crippen molar-refractivity contribution in [2.24, 2.45) is 0 Å². The minimum absolute atomic E-state index is 0.162. The molecule has 0 radical (unpaired) electrons. The average molecular weight is 300 g/mol. The second-order valence-corrected chi connectivity index (χ2v) is 5.91. The van der Waals surface area contributed by atoms with Crippen LogP contribution in [0.2, 0.25) is 5.02 Å². The maximum absolute atomic E-state index is 12.6. The smallest absolute Gasteiger partial charge is 0.227 e. The molecule has 21 heavy (non-hydrogen) atoms. The molecule has 0 aliphatic heterocycles. The monoisotopic (exact) mass is 299 g/mol. The molecule has 0 saturated heterocycles. The Balaban J connectivity index is 1.72. The molecule has 0 spiro atoms. The van der Waals surface area contributed by atoms with Crippen molar-refractivity contribution in [2.45, 2.75) is 31.8 Å². The Morgan fingerprint density at radius 3 is 2.38 bits per heavy atom. The number of benzene rings is 2. The number of rotatable bonds is 5. The van der Waals surface area contributed by atoms with Crippen LogP contribution in [0.3, 0.4) is 0 Å². The summed E-state index contributed by atoms with van der Waals surface area (Å²) in [6.07, 6.45) is 2.60. The van der Waals surface area contributed by atoms with Gasteiger partial charge >= 0.3 is 0 Å². The third-order valence-corrected chi connectivity index (χ3v) is 4.17. The normalized spacial score (nSPS) is 14.0. The highest BCUT2D eigenvalue weighted by Gasteiger charge is 2.32. The second kappa shape index (κ2) is 6.31. The van der Waals surface area contributed by atoms with Crippen LogP contribution in [0.5, 0.6) is 0 Å². The number of amides is 1. The lowest BCUT2D eigenvalue weighted by molar-refractivity contribution is -0.131. The van der Waals surface area contributed by atoms with Gasteiger partial charge in [-0.3, -0.25) is 4.79 Å². The second-order valence-electron chi connectivity index (χ2n) is 5.51. The number of hydrogen-bond acceptors (Lipinski definition) is 1. The SMILES string of the molecule is O=C(Cc1ccccc1Cl)N(Cc1ccccc1)C1CC1. The van der Waals surface area contributed by atoms with Crippen LogP contribution in [-0.2, 0) is 17.8 Å². The Morgan fingerprint density at radius 2 is 1.71 bits per heavy atom. The quantitative estimate of drug-likeness (QED) is 0.815. The Hall–Kier alpha value is -1.80. The van der Waals surface area contributed by atoms with E-state index in [1.807, 2.05) is 47.4 Å². The summed E-state index contributed by atoms with van der Waals surface area (Å²) in [6, 6.07) is 18.1. The Labute approximate surface area is 130 Å². The van der Waals surface area contributed by atoms with E-state index in [1.165, 1.54) is 5.56 Å². The Bertz CT molecular complexity index is 622. The van der Waals surface area contributed by atoms with Gasteiger partial charge in [0.2, 0.25) is 5.91 Å². The van der Waals surface area contributed by atoms with Crippen LogP contribution in [-0.4, -0.2) is 16.8 Å². The third-order valence-electron chi connectivity index (χ3n) is 3.80. The third kappa shape index (κ3) is 3.64. The molecule has 1 aliphatic carbocycles. The first-order chi connectivity index (χ1) is 10.2. The molecule has 0 unspecified atom stereocenters. The number of carbonyl (C=O) groups excluding carboxylic acids is 1. The van der Waals surface area contributed by atoms with E-state index in [4.69, 9.17) is 11.6 Å². The molecule has 1 fully saturated rings. The molecular weight excluding hydrogens is 282 g/mol. The lowest BCUT2D eigenvalue weighted by Crippen LogP contribution is -2.33. The van der Waals surface area contributed by atoms with Crippen LogP contribution in [0, 0.1) is 0 Å². The van der Waals surface area contributed by atoms with Gasteiger partial charge in [0, 0.05) is 17.6 Å². The van der Waals surface area contributed by atoms with Crippen molar-refractivity contribution in [3.63, 3.8) is 0 Å². The van der Waals surface area contributed by atoms with Gasteiger partial charge in [-0.15, -0.1) is 0 Å². The highest BCUT2D eigenvalue weighted by atomic mass is 35.5. The predicted octanol–water partition coefficient (Wildman–Crippen LogP) is 4.07. The van der Waals surface area contributed by atoms with Gasteiger partial charge in [-0.05, 0) is 30.0 Å². The molecule has 1 saturated carbocycles. The minimum Gasteiger partial charge on any atom is -0.335 e. The van der Waals surface area contributed by atoms with Crippen LogP contribution in [0.25, 0.3) is 0 Å². The fourth-order valence-corrected chi connectivity index (χ4v) is 2.70. The van der Waals surface area contributed by atoms with Crippen molar-refractivity contribution in [3.05, 3.63) is 70.7 Å². The molecule has 108 valence electrons.